The third-order valence-electron chi connectivity index (χ3n) is 4.97. The molecule has 1 aliphatic rings. The van der Waals surface area contributed by atoms with Crippen molar-refractivity contribution in [1.82, 2.24) is 9.97 Å². The minimum Gasteiger partial charge on any atom is -0.454 e. The predicted octanol–water partition coefficient (Wildman–Crippen LogP) is 4.63. The molecule has 1 aliphatic carbocycles. The molecular weight excluding hydrogens is 460 g/mol. The lowest BCUT2D eigenvalue weighted by molar-refractivity contribution is 0.439. The largest absolute Gasteiger partial charge is 0.454 e. The van der Waals surface area contributed by atoms with Crippen LogP contribution in [0.4, 0.5) is 14.5 Å². The Hall–Kier alpha value is -3.31. The number of nitrogens with one attached hydrogen (secondary N) is 2. The van der Waals surface area contributed by atoms with Crippen molar-refractivity contribution in [2.24, 2.45) is 0 Å². The zero-order valence-electron chi connectivity index (χ0n) is 16.3. The number of nitrogens with zero attached hydrogens (tertiary/aromatic N) is 1. The molecule has 0 aliphatic heterocycles. The summed E-state index contributed by atoms with van der Waals surface area (Å²) in [6.45, 7) is 0. The van der Waals surface area contributed by atoms with Crippen molar-refractivity contribution in [1.29, 1.82) is 0 Å². The van der Waals surface area contributed by atoms with Gasteiger partial charge in [0.1, 0.15) is 16.3 Å². The van der Waals surface area contributed by atoms with Crippen molar-refractivity contribution >= 4 is 37.3 Å². The molecule has 0 radical (unpaired) electrons. The van der Waals surface area contributed by atoms with Gasteiger partial charge in [-0.05, 0) is 43.2 Å². The molecule has 11 heteroatoms. The van der Waals surface area contributed by atoms with E-state index in [4.69, 9.17) is 4.74 Å². The summed E-state index contributed by atoms with van der Waals surface area (Å²) in [5.74, 6) is -1.65. The summed E-state index contributed by atoms with van der Waals surface area (Å²) in [4.78, 5) is 18.9. The maximum Gasteiger partial charge on any atom is 0.268 e. The van der Waals surface area contributed by atoms with E-state index in [1.807, 2.05) is 0 Å². The smallest absolute Gasteiger partial charge is 0.268 e. The van der Waals surface area contributed by atoms with Gasteiger partial charge in [-0.1, -0.05) is 0 Å². The molecule has 2 N–H and O–H groups in total. The number of thiophene rings is 1. The van der Waals surface area contributed by atoms with Gasteiger partial charge in [0, 0.05) is 28.3 Å². The summed E-state index contributed by atoms with van der Waals surface area (Å²) in [7, 11) is -3.52. The Morgan fingerprint density at radius 1 is 1.09 bits per heavy atom. The van der Waals surface area contributed by atoms with E-state index in [9.17, 15) is 22.0 Å². The molecular formula is C21H15F2N3O4S2. The molecule has 0 unspecified atom stereocenters. The first-order valence-corrected chi connectivity index (χ1v) is 12.0. The van der Waals surface area contributed by atoms with Gasteiger partial charge in [-0.25, -0.2) is 22.2 Å². The molecule has 164 valence electrons. The number of aromatic amines is 1. The lowest BCUT2D eigenvalue weighted by atomic mass is 10.1. The highest BCUT2D eigenvalue weighted by Crippen LogP contribution is 2.41. The molecule has 0 spiro atoms. The number of halogens is 2. The lowest BCUT2D eigenvalue weighted by Gasteiger charge is -2.14. The summed E-state index contributed by atoms with van der Waals surface area (Å²) < 4.78 is 60.9. The minimum atomic E-state index is -3.52. The number of fused-ring (bicyclic) bond motifs is 1. The third-order valence-corrected chi connectivity index (χ3v) is 7.80. The van der Waals surface area contributed by atoms with Crippen molar-refractivity contribution in [3.8, 4) is 22.6 Å². The van der Waals surface area contributed by atoms with Crippen LogP contribution in [0.1, 0.15) is 12.8 Å². The third kappa shape index (κ3) is 3.84. The van der Waals surface area contributed by atoms with E-state index < -0.39 is 26.9 Å². The van der Waals surface area contributed by atoms with Gasteiger partial charge in [0.2, 0.25) is 10.0 Å². The van der Waals surface area contributed by atoms with Crippen molar-refractivity contribution in [3.05, 3.63) is 70.1 Å². The van der Waals surface area contributed by atoms with Crippen LogP contribution in [0.2, 0.25) is 0 Å². The fourth-order valence-corrected chi connectivity index (χ4v) is 5.54. The van der Waals surface area contributed by atoms with Gasteiger partial charge < -0.3 is 9.72 Å². The second-order valence-corrected chi connectivity index (χ2v) is 10.1. The molecule has 32 heavy (non-hydrogen) atoms. The Balaban J connectivity index is 1.64. The van der Waals surface area contributed by atoms with Crippen molar-refractivity contribution in [2.45, 2.75) is 18.1 Å². The zero-order valence-corrected chi connectivity index (χ0v) is 17.9. The molecule has 0 saturated heterocycles. The van der Waals surface area contributed by atoms with Gasteiger partial charge in [0.05, 0.1) is 17.1 Å². The predicted molar refractivity (Wildman–Crippen MR) is 118 cm³/mol. The molecule has 2 aromatic heterocycles. The average molecular weight is 475 g/mol. The van der Waals surface area contributed by atoms with E-state index in [0.717, 1.165) is 12.1 Å². The van der Waals surface area contributed by atoms with E-state index in [1.54, 1.807) is 11.4 Å². The van der Waals surface area contributed by atoms with Crippen molar-refractivity contribution in [3.63, 3.8) is 0 Å². The number of anilines is 1. The number of sulfonamides is 1. The SMILES string of the molecule is O=c1[nH]cnc2c(-c3cc(NS(=O)(=O)C4CC4)ccc3Oc3ccc(F)cc3F)csc12. The van der Waals surface area contributed by atoms with Crippen LogP contribution in [-0.4, -0.2) is 23.6 Å². The summed E-state index contributed by atoms with van der Waals surface area (Å²) in [5, 5.41) is 1.27. The number of ether oxygens (including phenoxy) is 1. The highest BCUT2D eigenvalue weighted by atomic mass is 32.2. The topological polar surface area (TPSA) is 101 Å². The lowest BCUT2D eigenvalue weighted by Crippen LogP contribution is -2.17. The highest BCUT2D eigenvalue weighted by molar-refractivity contribution is 7.93. The van der Waals surface area contributed by atoms with Crippen LogP contribution in [0, 0.1) is 11.6 Å². The second-order valence-electron chi connectivity index (χ2n) is 7.29. The van der Waals surface area contributed by atoms with Crippen molar-refractivity contribution in [2.75, 3.05) is 4.72 Å². The Morgan fingerprint density at radius 2 is 1.88 bits per heavy atom. The van der Waals surface area contributed by atoms with Gasteiger partial charge in [0.25, 0.3) is 5.56 Å². The van der Waals surface area contributed by atoms with E-state index in [2.05, 4.69) is 14.7 Å². The van der Waals surface area contributed by atoms with Crippen LogP contribution in [0.15, 0.2) is 52.9 Å². The fourth-order valence-electron chi connectivity index (χ4n) is 3.25. The molecule has 0 bridgehead atoms. The maximum absolute atomic E-state index is 14.2. The quantitative estimate of drug-likeness (QED) is 0.424. The van der Waals surface area contributed by atoms with E-state index >= 15 is 0 Å². The number of H-pyrrole nitrogens is 1. The molecule has 1 saturated carbocycles. The Morgan fingerprint density at radius 3 is 2.62 bits per heavy atom. The number of hydrogen-bond donors (Lipinski definition) is 2. The standard InChI is InChI=1S/C21H15F2N3O4S2/c22-11-1-5-18(16(23)7-11)30-17-6-2-12(26-32(28,29)13-3-4-13)8-14(17)15-9-31-20-19(15)24-10-25-21(20)27/h1-2,5-10,13,26H,3-4H2,(H,24,25,27). The van der Waals surface area contributed by atoms with Gasteiger partial charge in [-0.2, -0.15) is 0 Å². The van der Waals surface area contributed by atoms with Crippen LogP contribution in [0.25, 0.3) is 21.3 Å². The number of aromatic nitrogens is 2. The summed E-state index contributed by atoms with van der Waals surface area (Å²) in [5.41, 5.74) is 1.28. The number of hydrogen-bond acceptors (Lipinski definition) is 6. The Kier molecular flexibility index (Phi) is 4.94. The zero-order chi connectivity index (χ0) is 22.5. The fraction of sp³-hybridized carbons (Fsp3) is 0.143. The maximum atomic E-state index is 14.2. The molecule has 7 nitrogen and oxygen atoms in total. The van der Waals surface area contributed by atoms with Crippen LogP contribution in [0.3, 0.4) is 0 Å². The van der Waals surface area contributed by atoms with Gasteiger partial charge >= 0.3 is 0 Å². The first-order chi connectivity index (χ1) is 15.3. The van der Waals surface area contributed by atoms with Crippen LogP contribution >= 0.6 is 11.3 Å². The van der Waals surface area contributed by atoms with E-state index in [0.29, 0.717) is 45.9 Å². The Labute approximate surface area is 184 Å². The van der Waals surface area contributed by atoms with Crippen LogP contribution < -0.4 is 15.0 Å². The molecule has 2 heterocycles. The normalized spacial score (nSPS) is 13.9. The van der Waals surface area contributed by atoms with E-state index in [1.165, 1.54) is 29.8 Å². The van der Waals surface area contributed by atoms with Gasteiger partial charge in [-0.3, -0.25) is 9.52 Å². The monoisotopic (exact) mass is 475 g/mol. The Bertz CT molecular complexity index is 1510. The molecule has 2 aromatic carbocycles. The van der Waals surface area contributed by atoms with Crippen molar-refractivity contribution < 1.29 is 21.9 Å². The van der Waals surface area contributed by atoms with E-state index in [-0.39, 0.29) is 17.1 Å². The molecule has 4 aromatic rings. The highest BCUT2D eigenvalue weighted by Gasteiger charge is 2.35. The summed E-state index contributed by atoms with van der Waals surface area (Å²) >= 11 is 1.17. The summed E-state index contributed by atoms with van der Waals surface area (Å²) in [6, 6.07) is 7.45. The van der Waals surface area contributed by atoms with Gasteiger partial charge in [0.15, 0.2) is 11.6 Å². The number of benzene rings is 2. The minimum absolute atomic E-state index is 0.187. The van der Waals surface area contributed by atoms with Crippen LogP contribution in [0.5, 0.6) is 11.5 Å². The molecule has 1 fully saturated rings. The first kappa shape index (κ1) is 20.6. The van der Waals surface area contributed by atoms with Crippen LogP contribution in [-0.2, 0) is 10.0 Å². The first-order valence-electron chi connectivity index (χ1n) is 9.56. The molecule has 5 rings (SSSR count). The second kappa shape index (κ2) is 7.68. The number of rotatable bonds is 6. The molecule has 0 amide bonds. The van der Waals surface area contributed by atoms with Gasteiger partial charge in [-0.15, -0.1) is 11.3 Å². The average Bonchev–Trinajstić information content (AvgIpc) is 3.52. The molecule has 0 atom stereocenters. The summed E-state index contributed by atoms with van der Waals surface area (Å²) in [6.07, 6.45) is 2.48.